The van der Waals surface area contributed by atoms with Gasteiger partial charge in [-0.25, -0.2) is 9.97 Å². The quantitative estimate of drug-likeness (QED) is 0.527. The first-order chi connectivity index (χ1) is 14.3. The first kappa shape index (κ1) is 17.8. The maximum absolute atomic E-state index is 6.09. The van der Waals surface area contributed by atoms with E-state index in [1.54, 1.807) is 0 Å². The molecular formula is C23H23N5O. The second-order valence-corrected chi connectivity index (χ2v) is 7.20. The molecule has 0 aliphatic carbocycles. The van der Waals surface area contributed by atoms with Crippen LogP contribution in [0.25, 0.3) is 34.1 Å². The molecule has 6 nitrogen and oxygen atoms in total. The van der Waals surface area contributed by atoms with Crippen molar-refractivity contribution in [1.82, 2.24) is 19.9 Å². The molecule has 146 valence electrons. The number of piperazine rings is 1. The van der Waals surface area contributed by atoms with Crippen molar-refractivity contribution in [3.05, 3.63) is 60.7 Å². The fourth-order valence-corrected chi connectivity index (χ4v) is 3.72. The number of likely N-dealkylation sites (N-methyl/N-ethyl adjacent to an activating group) is 1. The number of benzene rings is 2. The van der Waals surface area contributed by atoms with Crippen LogP contribution in [0.2, 0.25) is 0 Å². The van der Waals surface area contributed by atoms with Crippen LogP contribution in [-0.4, -0.2) is 52.6 Å². The number of rotatable bonds is 4. The zero-order chi connectivity index (χ0) is 19.6. The van der Waals surface area contributed by atoms with E-state index in [1.807, 2.05) is 60.7 Å². The van der Waals surface area contributed by atoms with Crippen LogP contribution in [0.5, 0.6) is 0 Å². The molecule has 0 amide bonds. The third-order valence-corrected chi connectivity index (χ3v) is 5.41. The maximum Gasteiger partial charge on any atom is 0.253 e. The Balaban J connectivity index is 1.63. The Labute approximate surface area is 169 Å². The largest absolute Gasteiger partial charge is 0.417 e. The average molecular weight is 385 g/mol. The molecule has 0 saturated carbocycles. The molecule has 0 spiro atoms. The molecule has 5 rings (SSSR count). The van der Waals surface area contributed by atoms with Crippen LogP contribution in [0, 0.1) is 0 Å². The van der Waals surface area contributed by atoms with Gasteiger partial charge in [-0.05, 0) is 18.7 Å². The molecule has 0 unspecified atom stereocenters. The van der Waals surface area contributed by atoms with Gasteiger partial charge in [-0.2, -0.15) is 4.98 Å². The topological polar surface area (TPSA) is 58.3 Å². The molecular weight excluding hydrogens is 362 g/mol. The summed E-state index contributed by atoms with van der Waals surface area (Å²) in [6.45, 7) is 7.15. The second kappa shape index (κ2) is 7.64. The number of hydrogen-bond acceptors (Lipinski definition) is 6. The van der Waals surface area contributed by atoms with Gasteiger partial charge in [0.25, 0.3) is 5.71 Å². The van der Waals surface area contributed by atoms with Gasteiger partial charge in [0, 0.05) is 37.3 Å². The molecule has 6 heteroatoms. The highest BCUT2D eigenvalue weighted by molar-refractivity contribution is 5.86. The van der Waals surface area contributed by atoms with Crippen LogP contribution in [0.1, 0.15) is 6.92 Å². The van der Waals surface area contributed by atoms with Crippen molar-refractivity contribution in [2.24, 2.45) is 0 Å². The van der Waals surface area contributed by atoms with Crippen LogP contribution in [0.3, 0.4) is 0 Å². The van der Waals surface area contributed by atoms with Crippen molar-refractivity contribution >= 4 is 17.0 Å². The van der Waals surface area contributed by atoms with E-state index in [0.717, 1.165) is 55.2 Å². The van der Waals surface area contributed by atoms with E-state index in [4.69, 9.17) is 19.4 Å². The number of hydrogen-bond donors (Lipinski definition) is 0. The summed E-state index contributed by atoms with van der Waals surface area (Å²) in [6, 6.07) is 20.0. The Hall–Kier alpha value is -3.25. The lowest BCUT2D eigenvalue weighted by molar-refractivity contribution is 0.270. The second-order valence-electron chi connectivity index (χ2n) is 7.20. The molecule has 3 heterocycles. The molecule has 4 aromatic rings. The zero-order valence-electron chi connectivity index (χ0n) is 16.5. The van der Waals surface area contributed by atoms with Gasteiger partial charge in [0.05, 0.1) is 0 Å². The molecule has 0 radical (unpaired) electrons. The molecule has 1 fully saturated rings. The Bertz CT molecular complexity index is 1100. The van der Waals surface area contributed by atoms with Crippen molar-refractivity contribution in [3.8, 4) is 22.8 Å². The lowest BCUT2D eigenvalue weighted by Crippen LogP contribution is -2.46. The van der Waals surface area contributed by atoms with Crippen molar-refractivity contribution in [3.63, 3.8) is 0 Å². The molecule has 29 heavy (non-hydrogen) atoms. The van der Waals surface area contributed by atoms with Crippen LogP contribution in [0.4, 0.5) is 5.82 Å². The van der Waals surface area contributed by atoms with E-state index in [9.17, 15) is 0 Å². The fourth-order valence-electron chi connectivity index (χ4n) is 3.72. The predicted octanol–water partition coefficient (Wildman–Crippen LogP) is 4.09. The number of oxazole rings is 1. The highest BCUT2D eigenvalue weighted by Gasteiger charge is 2.24. The van der Waals surface area contributed by atoms with E-state index >= 15 is 0 Å². The lowest BCUT2D eigenvalue weighted by atomic mass is 10.2. The maximum atomic E-state index is 6.09. The first-order valence-electron chi connectivity index (χ1n) is 10.1. The lowest BCUT2D eigenvalue weighted by Gasteiger charge is -2.34. The van der Waals surface area contributed by atoms with Gasteiger partial charge in [-0.15, -0.1) is 0 Å². The van der Waals surface area contributed by atoms with Gasteiger partial charge in [-0.3, -0.25) is 0 Å². The Kier molecular flexibility index (Phi) is 4.69. The summed E-state index contributed by atoms with van der Waals surface area (Å²) in [5, 5.41) is 0. The van der Waals surface area contributed by atoms with Crippen molar-refractivity contribution in [1.29, 1.82) is 0 Å². The SMILES string of the molecule is CCN1CCN(c2nc(-c3ccccc3)nc3oc(-c4ccccc4)nc23)CC1. The standard InChI is InChI=1S/C23H23N5O/c1-2-27-13-15-28(16-14-27)21-19-23(26-20(25-21)17-9-5-3-6-10-17)29-22(24-19)18-11-7-4-8-12-18/h3-12H,2,13-16H2,1H3. The number of fused-ring (bicyclic) bond motifs is 1. The third-order valence-electron chi connectivity index (χ3n) is 5.41. The summed E-state index contributed by atoms with van der Waals surface area (Å²) in [5.74, 6) is 2.10. The van der Waals surface area contributed by atoms with Gasteiger partial charge in [0.2, 0.25) is 5.89 Å². The average Bonchev–Trinajstić information content (AvgIpc) is 3.24. The highest BCUT2D eigenvalue weighted by atomic mass is 16.4. The summed E-state index contributed by atoms with van der Waals surface area (Å²) < 4.78 is 6.09. The first-order valence-corrected chi connectivity index (χ1v) is 10.1. The molecule has 1 aliphatic rings. The van der Waals surface area contributed by atoms with Crippen molar-refractivity contribution in [2.45, 2.75) is 6.92 Å². The van der Waals surface area contributed by atoms with Gasteiger partial charge in [-0.1, -0.05) is 55.5 Å². The molecule has 0 N–H and O–H groups in total. The van der Waals surface area contributed by atoms with E-state index in [0.29, 0.717) is 17.4 Å². The van der Waals surface area contributed by atoms with Crippen LogP contribution in [-0.2, 0) is 0 Å². The van der Waals surface area contributed by atoms with Gasteiger partial charge in [0.1, 0.15) is 0 Å². The smallest absolute Gasteiger partial charge is 0.253 e. The van der Waals surface area contributed by atoms with Gasteiger partial charge in [0.15, 0.2) is 17.2 Å². The van der Waals surface area contributed by atoms with E-state index in [2.05, 4.69) is 16.7 Å². The van der Waals surface area contributed by atoms with Crippen LogP contribution < -0.4 is 4.90 Å². The third kappa shape index (κ3) is 3.47. The van der Waals surface area contributed by atoms with E-state index < -0.39 is 0 Å². The zero-order valence-corrected chi connectivity index (χ0v) is 16.5. The van der Waals surface area contributed by atoms with Crippen molar-refractivity contribution in [2.75, 3.05) is 37.6 Å². The summed E-state index contributed by atoms with van der Waals surface area (Å²) in [5.41, 5.74) is 3.17. The summed E-state index contributed by atoms with van der Waals surface area (Å²) in [4.78, 5) is 19.2. The number of aromatic nitrogens is 3. The number of anilines is 1. The molecule has 1 aliphatic heterocycles. The van der Waals surface area contributed by atoms with Crippen molar-refractivity contribution < 1.29 is 4.42 Å². The summed E-state index contributed by atoms with van der Waals surface area (Å²) >= 11 is 0. The molecule has 2 aromatic carbocycles. The monoisotopic (exact) mass is 385 g/mol. The number of nitrogens with zero attached hydrogens (tertiary/aromatic N) is 5. The van der Waals surface area contributed by atoms with E-state index in [-0.39, 0.29) is 0 Å². The van der Waals surface area contributed by atoms with Crippen LogP contribution in [0.15, 0.2) is 65.1 Å². The fraction of sp³-hybridized carbons (Fsp3) is 0.261. The normalized spacial score (nSPS) is 15.1. The minimum atomic E-state index is 0.533. The summed E-state index contributed by atoms with van der Waals surface area (Å²) in [7, 11) is 0. The Morgan fingerprint density at radius 2 is 1.45 bits per heavy atom. The predicted molar refractivity (Wildman–Crippen MR) is 115 cm³/mol. The Morgan fingerprint density at radius 1 is 0.793 bits per heavy atom. The van der Waals surface area contributed by atoms with Gasteiger partial charge >= 0.3 is 0 Å². The molecule has 1 saturated heterocycles. The van der Waals surface area contributed by atoms with Crippen LogP contribution >= 0.6 is 0 Å². The summed E-state index contributed by atoms with van der Waals surface area (Å²) in [6.07, 6.45) is 0. The molecule has 2 aromatic heterocycles. The van der Waals surface area contributed by atoms with E-state index in [1.165, 1.54) is 0 Å². The Morgan fingerprint density at radius 3 is 2.10 bits per heavy atom. The molecule has 0 bridgehead atoms. The minimum absolute atomic E-state index is 0.533. The van der Waals surface area contributed by atoms with Gasteiger partial charge < -0.3 is 14.2 Å². The minimum Gasteiger partial charge on any atom is -0.417 e. The highest BCUT2D eigenvalue weighted by Crippen LogP contribution is 2.31. The molecule has 0 atom stereocenters.